The Morgan fingerprint density at radius 2 is 1.94 bits per heavy atom. The lowest BCUT2D eigenvalue weighted by molar-refractivity contribution is -0.150. The van der Waals surface area contributed by atoms with Crippen LogP contribution in [0.1, 0.15) is 11.5 Å². The molecule has 8 nitrogen and oxygen atoms in total. The van der Waals surface area contributed by atoms with Gasteiger partial charge in [-0.15, -0.1) is 0 Å². The van der Waals surface area contributed by atoms with Gasteiger partial charge in [-0.05, 0) is 51.8 Å². The van der Waals surface area contributed by atoms with Gasteiger partial charge in [-0.25, -0.2) is 0 Å². The molecule has 0 saturated carbocycles. The van der Waals surface area contributed by atoms with Gasteiger partial charge in [0.2, 0.25) is 11.8 Å². The first kappa shape index (κ1) is 26.9. The highest BCUT2D eigenvalue weighted by atomic mass is 79.9. The Balaban J connectivity index is 1.91. The molecule has 1 aliphatic heterocycles. The number of ether oxygens (including phenoxy) is 2. The summed E-state index contributed by atoms with van der Waals surface area (Å²) in [4.78, 5) is 37.9. The Bertz CT molecular complexity index is 1260. The second-order valence-electron chi connectivity index (χ2n) is 7.18. The van der Waals surface area contributed by atoms with E-state index in [4.69, 9.17) is 32.7 Å². The van der Waals surface area contributed by atoms with E-state index in [1.54, 1.807) is 30.3 Å². The fourth-order valence-electron chi connectivity index (χ4n) is 3.46. The summed E-state index contributed by atoms with van der Waals surface area (Å²) in [6.07, 6.45) is 0. The summed E-state index contributed by atoms with van der Waals surface area (Å²) in [5.41, 5.74) is 1.10. The zero-order valence-corrected chi connectivity index (χ0v) is 22.3. The van der Waals surface area contributed by atoms with Crippen LogP contribution in [0.15, 0.2) is 51.5 Å². The normalized spacial score (nSPS) is 17.3. The third kappa shape index (κ3) is 6.11. The zero-order chi connectivity index (χ0) is 25.7. The number of nitrogens with one attached hydrogen (secondary N) is 2. The van der Waals surface area contributed by atoms with Gasteiger partial charge >= 0.3 is 5.97 Å². The minimum Gasteiger partial charge on any atom is -0.496 e. The van der Waals surface area contributed by atoms with Crippen molar-refractivity contribution in [1.82, 2.24) is 5.32 Å². The first-order valence-electron chi connectivity index (χ1n) is 9.94. The van der Waals surface area contributed by atoms with E-state index in [0.717, 1.165) is 11.8 Å². The summed E-state index contributed by atoms with van der Waals surface area (Å²) >= 11 is 16.2. The topological polar surface area (TPSA) is 118 Å². The maximum atomic E-state index is 12.9. The van der Waals surface area contributed by atoms with E-state index < -0.39 is 29.6 Å². The lowest BCUT2D eigenvalue weighted by Gasteiger charge is -2.31. The van der Waals surface area contributed by atoms with Gasteiger partial charge in [0.15, 0.2) is 0 Å². The van der Waals surface area contributed by atoms with Crippen molar-refractivity contribution in [1.29, 1.82) is 5.26 Å². The van der Waals surface area contributed by atoms with E-state index in [-0.39, 0.29) is 21.4 Å². The van der Waals surface area contributed by atoms with Crippen LogP contribution in [0.3, 0.4) is 0 Å². The van der Waals surface area contributed by atoms with Crippen molar-refractivity contribution in [2.45, 2.75) is 5.92 Å². The third-order valence-electron chi connectivity index (χ3n) is 5.07. The predicted molar refractivity (Wildman–Crippen MR) is 137 cm³/mol. The van der Waals surface area contributed by atoms with Gasteiger partial charge in [-0.1, -0.05) is 41.0 Å². The van der Waals surface area contributed by atoms with Crippen LogP contribution < -0.4 is 15.4 Å². The first-order chi connectivity index (χ1) is 16.7. The summed E-state index contributed by atoms with van der Waals surface area (Å²) in [6, 6.07) is 11.7. The lowest BCUT2D eigenvalue weighted by atomic mass is 9.78. The molecule has 2 aromatic carbocycles. The van der Waals surface area contributed by atoms with Gasteiger partial charge in [0.05, 0.1) is 51.2 Å². The molecule has 2 amide bonds. The molecule has 3 rings (SSSR count). The molecule has 2 aromatic rings. The van der Waals surface area contributed by atoms with Crippen LogP contribution >= 0.6 is 50.9 Å². The van der Waals surface area contributed by atoms with Crippen molar-refractivity contribution in [3.05, 3.63) is 67.1 Å². The van der Waals surface area contributed by atoms with Crippen molar-refractivity contribution in [3.63, 3.8) is 0 Å². The van der Waals surface area contributed by atoms with Crippen molar-refractivity contribution in [3.8, 4) is 11.8 Å². The molecule has 35 heavy (non-hydrogen) atoms. The number of rotatable bonds is 7. The standard InChI is InChI=1S/C23H18BrCl2N3O5S/c1-33-17-6-3-11(7-14(17)24)19-13(9-27)22(29-21(31)20(19)23(32)34-2)35-10-18(30)28-12-4-5-15(25)16(26)8-12/h3-8,19-20H,10H2,1-2H3,(H,28,30)(H,29,31)/t19-,20-/m0/s1. The van der Waals surface area contributed by atoms with Crippen LogP contribution in [0.5, 0.6) is 5.75 Å². The molecule has 0 bridgehead atoms. The molecule has 0 saturated heterocycles. The number of allylic oxidation sites excluding steroid dienone is 1. The number of benzene rings is 2. The Morgan fingerprint density at radius 1 is 1.20 bits per heavy atom. The van der Waals surface area contributed by atoms with Crippen molar-refractivity contribution >= 4 is 74.4 Å². The summed E-state index contributed by atoms with van der Waals surface area (Å²) < 4.78 is 10.7. The molecular weight excluding hydrogens is 581 g/mol. The summed E-state index contributed by atoms with van der Waals surface area (Å²) in [7, 11) is 2.67. The number of esters is 1. The fourth-order valence-corrected chi connectivity index (χ4v) is 5.17. The van der Waals surface area contributed by atoms with Crippen molar-refractivity contribution in [2.75, 3.05) is 25.3 Å². The number of nitrogens with zero attached hydrogens (tertiary/aromatic N) is 1. The van der Waals surface area contributed by atoms with Crippen LogP contribution in [0, 0.1) is 17.2 Å². The molecule has 2 atom stereocenters. The minimum absolute atomic E-state index is 0.122. The van der Waals surface area contributed by atoms with Gasteiger partial charge in [0, 0.05) is 11.6 Å². The average Bonchev–Trinajstić information content (AvgIpc) is 2.84. The Labute approximate surface area is 224 Å². The molecule has 2 N–H and O–H groups in total. The Kier molecular flexibility index (Phi) is 9.08. The number of amides is 2. The molecule has 0 fully saturated rings. The number of nitriles is 1. The summed E-state index contributed by atoms with van der Waals surface area (Å²) in [6.45, 7) is 0. The number of thioether (sulfide) groups is 1. The molecular formula is C23H18BrCl2N3O5S. The smallest absolute Gasteiger partial charge is 0.319 e. The van der Waals surface area contributed by atoms with Crippen LogP contribution in [0.25, 0.3) is 0 Å². The number of halogens is 3. The van der Waals surface area contributed by atoms with Crippen molar-refractivity contribution in [2.24, 2.45) is 5.92 Å². The maximum absolute atomic E-state index is 12.9. The monoisotopic (exact) mass is 597 g/mol. The van der Waals surface area contributed by atoms with Gasteiger partial charge in [0.25, 0.3) is 0 Å². The number of anilines is 1. The highest BCUT2D eigenvalue weighted by Gasteiger charge is 2.44. The van der Waals surface area contributed by atoms with Crippen LogP contribution in [-0.4, -0.2) is 37.8 Å². The lowest BCUT2D eigenvalue weighted by Crippen LogP contribution is -2.44. The number of methoxy groups -OCH3 is 2. The molecule has 0 aromatic heterocycles. The van der Waals surface area contributed by atoms with Gasteiger partial charge in [0.1, 0.15) is 11.7 Å². The van der Waals surface area contributed by atoms with Crippen LogP contribution in [-0.2, 0) is 19.1 Å². The molecule has 182 valence electrons. The maximum Gasteiger partial charge on any atom is 0.319 e. The number of carbonyl (C=O) groups is 3. The molecule has 1 heterocycles. The quantitative estimate of drug-likeness (QED) is 0.345. The van der Waals surface area contributed by atoms with Crippen LogP contribution in [0.2, 0.25) is 10.0 Å². The van der Waals surface area contributed by atoms with E-state index in [2.05, 4.69) is 32.6 Å². The average molecular weight is 599 g/mol. The van der Waals surface area contributed by atoms with Crippen molar-refractivity contribution < 1.29 is 23.9 Å². The van der Waals surface area contributed by atoms with Gasteiger partial charge in [-0.2, -0.15) is 5.26 Å². The van der Waals surface area contributed by atoms with Crippen LogP contribution in [0.4, 0.5) is 5.69 Å². The highest BCUT2D eigenvalue weighted by molar-refractivity contribution is 9.10. The van der Waals surface area contributed by atoms with E-state index >= 15 is 0 Å². The second kappa shape index (κ2) is 11.8. The van der Waals surface area contributed by atoms with E-state index in [1.165, 1.54) is 20.3 Å². The second-order valence-corrected chi connectivity index (χ2v) is 9.84. The number of hydrogen-bond acceptors (Lipinski definition) is 7. The number of carbonyl (C=O) groups excluding carboxylic acids is 3. The minimum atomic E-state index is -1.29. The molecule has 0 radical (unpaired) electrons. The Hall–Kier alpha value is -2.71. The van der Waals surface area contributed by atoms with E-state index in [9.17, 15) is 19.6 Å². The largest absolute Gasteiger partial charge is 0.496 e. The molecule has 12 heteroatoms. The fraction of sp³-hybridized carbons (Fsp3) is 0.217. The van der Waals surface area contributed by atoms with Gasteiger partial charge < -0.3 is 20.1 Å². The summed E-state index contributed by atoms with van der Waals surface area (Å²) in [5.74, 6) is -3.61. The van der Waals surface area contributed by atoms with E-state index in [0.29, 0.717) is 26.5 Å². The predicted octanol–water partition coefficient (Wildman–Crippen LogP) is 4.87. The van der Waals surface area contributed by atoms with E-state index in [1.807, 2.05) is 0 Å². The Morgan fingerprint density at radius 3 is 2.54 bits per heavy atom. The first-order valence-corrected chi connectivity index (χ1v) is 12.5. The zero-order valence-electron chi connectivity index (χ0n) is 18.4. The molecule has 0 unspecified atom stereocenters. The van der Waals surface area contributed by atoms with Gasteiger partial charge in [-0.3, -0.25) is 14.4 Å². The molecule has 0 aliphatic carbocycles. The third-order valence-corrected chi connectivity index (χ3v) is 7.45. The highest BCUT2D eigenvalue weighted by Crippen LogP contribution is 2.42. The number of hydrogen-bond donors (Lipinski definition) is 2. The molecule has 1 aliphatic rings. The molecule has 0 spiro atoms. The SMILES string of the molecule is COC(=O)[C@@H]1C(=O)NC(SCC(=O)Nc2ccc(Cl)c(Cl)c2)=C(C#N)[C@@H]1c1ccc(OC)c(Br)c1. The summed E-state index contributed by atoms with van der Waals surface area (Å²) in [5, 5.41) is 16.1.